The van der Waals surface area contributed by atoms with Crippen molar-refractivity contribution in [1.29, 1.82) is 0 Å². The Morgan fingerprint density at radius 2 is 1.91 bits per heavy atom. The van der Waals surface area contributed by atoms with Crippen LogP contribution in [0.15, 0.2) is 4.99 Å². The van der Waals surface area contributed by atoms with Gasteiger partial charge in [0, 0.05) is 38.8 Å². The Balaban J connectivity index is 4.29. The number of nitrogens with zero attached hydrogens (tertiary/aromatic N) is 2. The molecule has 5 nitrogen and oxygen atoms in total. The zero-order chi connectivity index (χ0) is 16.8. The van der Waals surface area contributed by atoms with Crippen LogP contribution in [0.2, 0.25) is 0 Å². The number of guanidine groups is 1. The lowest BCUT2D eigenvalue weighted by molar-refractivity contribution is 0.253. The highest BCUT2D eigenvalue weighted by Gasteiger charge is 2.08. The van der Waals surface area contributed by atoms with Crippen molar-refractivity contribution in [3.8, 4) is 0 Å². The second-order valence-corrected chi connectivity index (χ2v) is 6.05. The normalized spacial score (nSPS) is 15.0. The number of aliphatic hydroxyl groups excluding tert-OH is 1. The lowest BCUT2D eigenvalue weighted by Gasteiger charge is -2.24. The van der Waals surface area contributed by atoms with Crippen LogP contribution in [0.3, 0.4) is 0 Å². The van der Waals surface area contributed by atoms with Crippen molar-refractivity contribution in [3.05, 3.63) is 0 Å². The van der Waals surface area contributed by atoms with Crippen molar-refractivity contribution in [1.82, 2.24) is 15.5 Å². The highest BCUT2D eigenvalue weighted by molar-refractivity contribution is 5.79. The topological polar surface area (TPSA) is 59.9 Å². The first-order valence-electron chi connectivity index (χ1n) is 8.92. The molecule has 22 heavy (non-hydrogen) atoms. The number of hydrogen-bond donors (Lipinski definition) is 3. The zero-order valence-electron chi connectivity index (χ0n) is 15.4. The molecule has 0 saturated heterocycles. The molecule has 2 unspecified atom stereocenters. The number of aliphatic hydroxyl groups is 1. The fraction of sp³-hybridized carbons (Fsp3) is 0.941. The predicted molar refractivity (Wildman–Crippen MR) is 96.5 cm³/mol. The summed E-state index contributed by atoms with van der Waals surface area (Å²) in [4.78, 5) is 7.04. The predicted octanol–water partition coefficient (Wildman–Crippen LogP) is 2.07. The Kier molecular flexibility index (Phi) is 13.3. The number of nitrogens with one attached hydrogen (secondary N) is 2. The number of hydrogen-bond acceptors (Lipinski definition) is 3. The van der Waals surface area contributed by atoms with Crippen molar-refractivity contribution in [2.24, 2.45) is 10.9 Å². The molecule has 0 fully saturated rings. The van der Waals surface area contributed by atoms with Gasteiger partial charge in [-0.3, -0.25) is 4.99 Å². The molecule has 0 aromatic heterocycles. The zero-order valence-corrected chi connectivity index (χ0v) is 15.4. The highest BCUT2D eigenvalue weighted by atomic mass is 16.3. The Morgan fingerprint density at radius 1 is 1.18 bits per heavy atom. The lowest BCUT2D eigenvalue weighted by Crippen LogP contribution is -2.42. The largest absolute Gasteiger partial charge is 0.396 e. The second-order valence-electron chi connectivity index (χ2n) is 6.05. The molecule has 0 bridgehead atoms. The van der Waals surface area contributed by atoms with E-state index in [1.807, 2.05) is 0 Å². The van der Waals surface area contributed by atoms with Crippen LogP contribution in [0.4, 0.5) is 0 Å². The van der Waals surface area contributed by atoms with Crippen LogP contribution >= 0.6 is 0 Å². The van der Waals surface area contributed by atoms with Gasteiger partial charge in [0.2, 0.25) is 0 Å². The van der Waals surface area contributed by atoms with Crippen molar-refractivity contribution in [3.63, 3.8) is 0 Å². The molecule has 0 spiro atoms. The minimum absolute atomic E-state index is 0.254. The molecule has 0 radical (unpaired) electrons. The van der Waals surface area contributed by atoms with Crippen molar-refractivity contribution in [2.45, 2.75) is 59.4 Å². The van der Waals surface area contributed by atoms with Crippen molar-refractivity contribution >= 4 is 5.96 Å². The van der Waals surface area contributed by atoms with Gasteiger partial charge in [0.05, 0.1) is 0 Å². The Bertz CT molecular complexity index is 278. The van der Waals surface area contributed by atoms with E-state index in [1.54, 1.807) is 0 Å². The van der Waals surface area contributed by atoms with Gasteiger partial charge in [-0.05, 0) is 46.1 Å². The summed E-state index contributed by atoms with van der Waals surface area (Å²) in [6.45, 7) is 12.5. The summed E-state index contributed by atoms with van der Waals surface area (Å²) < 4.78 is 0. The fourth-order valence-corrected chi connectivity index (χ4v) is 2.36. The van der Waals surface area contributed by atoms with E-state index in [2.05, 4.69) is 55.3 Å². The van der Waals surface area contributed by atoms with Crippen LogP contribution in [0.25, 0.3) is 0 Å². The van der Waals surface area contributed by atoms with Crippen LogP contribution in [0.5, 0.6) is 0 Å². The molecule has 0 saturated carbocycles. The van der Waals surface area contributed by atoms with E-state index in [4.69, 9.17) is 5.11 Å². The van der Waals surface area contributed by atoms with Gasteiger partial charge in [0.15, 0.2) is 5.96 Å². The minimum atomic E-state index is 0.254. The van der Waals surface area contributed by atoms with E-state index in [0.717, 1.165) is 51.4 Å². The summed E-state index contributed by atoms with van der Waals surface area (Å²) in [5, 5.41) is 15.8. The quantitative estimate of drug-likeness (QED) is 0.381. The van der Waals surface area contributed by atoms with Gasteiger partial charge in [-0.15, -0.1) is 0 Å². The van der Waals surface area contributed by atoms with Crippen molar-refractivity contribution in [2.75, 3.05) is 39.8 Å². The average molecular weight is 315 g/mol. The molecule has 0 rings (SSSR count). The summed E-state index contributed by atoms with van der Waals surface area (Å²) in [7, 11) is 2.17. The molecule has 0 aliphatic heterocycles. The molecule has 132 valence electrons. The molecular weight excluding hydrogens is 276 g/mol. The second kappa shape index (κ2) is 13.8. The standard InChI is InChI=1S/C17H38N4O/c1-6-9-16(10-13-22)14-20-17(18-8-3)19-11-12-21(5)15(4)7-2/h15-16,22H,6-14H2,1-5H3,(H2,18,19,20). The maximum Gasteiger partial charge on any atom is 0.191 e. The van der Waals surface area contributed by atoms with Gasteiger partial charge < -0.3 is 20.6 Å². The smallest absolute Gasteiger partial charge is 0.191 e. The fourth-order valence-electron chi connectivity index (χ4n) is 2.36. The van der Waals surface area contributed by atoms with Crippen LogP contribution in [0, 0.1) is 5.92 Å². The van der Waals surface area contributed by atoms with E-state index in [1.165, 1.54) is 6.42 Å². The highest BCUT2D eigenvalue weighted by Crippen LogP contribution is 2.10. The monoisotopic (exact) mass is 314 g/mol. The molecule has 3 N–H and O–H groups in total. The average Bonchev–Trinajstić information content (AvgIpc) is 2.51. The van der Waals surface area contributed by atoms with Crippen molar-refractivity contribution < 1.29 is 5.11 Å². The van der Waals surface area contributed by atoms with E-state index < -0.39 is 0 Å². The Labute approximate surface area is 137 Å². The summed E-state index contributed by atoms with van der Waals surface area (Å²) in [6, 6.07) is 0.611. The summed E-state index contributed by atoms with van der Waals surface area (Å²) in [5.41, 5.74) is 0. The van der Waals surface area contributed by atoms with Gasteiger partial charge in [-0.25, -0.2) is 0 Å². The van der Waals surface area contributed by atoms with E-state index in [-0.39, 0.29) is 6.61 Å². The maximum absolute atomic E-state index is 9.12. The molecule has 0 amide bonds. The van der Waals surface area contributed by atoms with Gasteiger partial charge in [0.1, 0.15) is 0 Å². The molecule has 0 aliphatic carbocycles. The number of rotatable bonds is 12. The number of likely N-dealkylation sites (N-methyl/N-ethyl adjacent to an activating group) is 1. The first-order chi connectivity index (χ1) is 10.6. The van der Waals surface area contributed by atoms with Gasteiger partial charge in [-0.1, -0.05) is 20.3 Å². The molecular formula is C17H38N4O. The minimum Gasteiger partial charge on any atom is -0.396 e. The summed E-state index contributed by atoms with van der Waals surface area (Å²) in [6.07, 6.45) is 4.28. The number of aliphatic imine (C=N–C) groups is 1. The van der Waals surface area contributed by atoms with E-state index in [9.17, 15) is 0 Å². The van der Waals surface area contributed by atoms with E-state index in [0.29, 0.717) is 12.0 Å². The van der Waals surface area contributed by atoms with Crippen LogP contribution in [-0.4, -0.2) is 61.8 Å². The summed E-state index contributed by atoms with van der Waals surface area (Å²) in [5.74, 6) is 1.37. The van der Waals surface area contributed by atoms with Crippen LogP contribution < -0.4 is 10.6 Å². The van der Waals surface area contributed by atoms with Gasteiger partial charge >= 0.3 is 0 Å². The molecule has 2 atom stereocenters. The third kappa shape index (κ3) is 10.0. The Morgan fingerprint density at radius 3 is 2.45 bits per heavy atom. The molecule has 0 aromatic carbocycles. The van der Waals surface area contributed by atoms with E-state index >= 15 is 0 Å². The third-order valence-electron chi connectivity index (χ3n) is 4.19. The third-order valence-corrected chi connectivity index (χ3v) is 4.19. The maximum atomic E-state index is 9.12. The van der Waals surface area contributed by atoms with Gasteiger partial charge in [0.25, 0.3) is 0 Å². The first-order valence-corrected chi connectivity index (χ1v) is 8.92. The summed E-state index contributed by atoms with van der Waals surface area (Å²) >= 11 is 0. The van der Waals surface area contributed by atoms with Crippen LogP contribution in [-0.2, 0) is 0 Å². The first kappa shape index (κ1) is 21.2. The molecule has 0 aromatic rings. The SMILES string of the molecule is CCCC(CCO)CN=C(NCC)NCCN(C)C(C)CC. The van der Waals surface area contributed by atoms with Gasteiger partial charge in [-0.2, -0.15) is 0 Å². The Hall–Kier alpha value is -0.810. The lowest BCUT2D eigenvalue weighted by atomic mass is 10.0. The molecule has 0 heterocycles. The molecule has 0 aliphatic rings. The molecule has 5 heteroatoms. The van der Waals surface area contributed by atoms with Crippen LogP contribution in [0.1, 0.15) is 53.4 Å².